The van der Waals surface area contributed by atoms with E-state index in [1.54, 1.807) is 19.9 Å². The highest BCUT2D eigenvalue weighted by Crippen LogP contribution is 2.62. The number of amides is 1. The van der Waals surface area contributed by atoms with E-state index in [-0.39, 0.29) is 24.3 Å². The number of ether oxygens (including phenoxy) is 2. The van der Waals surface area contributed by atoms with Gasteiger partial charge in [0.15, 0.2) is 23.1 Å². The van der Waals surface area contributed by atoms with Crippen LogP contribution in [-0.2, 0) is 43.0 Å². The Balaban J connectivity index is 1.72. The molecule has 3 aliphatic carbocycles. The molecule has 11 atom stereocenters. The number of carboxylic acids is 2. The van der Waals surface area contributed by atoms with Crippen molar-refractivity contribution in [1.29, 1.82) is 0 Å². The van der Waals surface area contributed by atoms with E-state index in [0.717, 1.165) is 17.8 Å². The number of fused-ring (bicyclic) bond motifs is 3. The molecule has 0 bridgehead atoms. The van der Waals surface area contributed by atoms with Gasteiger partial charge in [0.25, 0.3) is 0 Å². The van der Waals surface area contributed by atoms with Crippen LogP contribution in [0.4, 0.5) is 0 Å². The summed E-state index contributed by atoms with van der Waals surface area (Å²) >= 11 is 0.978. The molecule has 1 heterocycles. The first kappa shape index (κ1) is 36.8. The third-order valence-corrected chi connectivity index (χ3v) is 11.3. The standard InChI is InChI=1S/C34H41NO12S/c1-17-25(46-19(3)37)14-23-22(28(17)40)12-11-20-13-21(9-7-5-6-8-10-27(38)39)34(31(44)33(20,23)4)29(41)26(47-32(34)45)16-48-15-24(30(42)43)35-18(2)36/h5-12,17,20-26,28,40H,13-16H2,1-4H3,(H,35,36)(H,38,39)(H,42,43)/b6-5-,9-7-,10-8-/t17-,20-,21+,22+,23-,24+,25+,26+,28+,33-,34-/m0/s1. The van der Waals surface area contributed by atoms with Crippen molar-refractivity contribution in [3.05, 3.63) is 48.6 Å². The highest BCUT2D eigenvalue weighted by molar-refractivity contribution is 7.99. The summed E-state index contributed by atoms with van der Waals surface area (Å²) in [6.45, 7) is 5.90. The molecule has 1 amide bonds. The van der Waals surface area contributed by atoms with E-state index in [2.05, 4.69) is 5.32 Å². The van der Waals surface area contributed by atoms with E-state index in [1.807, 2.05) is 12.2 Å². The molecule has 1 spiro atoms. The third kappa shape index (κ3) is 6.77. The molecule has 4 N–H and O–H groups in total. The summed E-state index contributed by atoms with van der Waals surface area (Å²) in [5.74, 6) is -9.15. The zero-order chi connectivity index (χ0) is 35.6. The highest BCUT2D eigenvalue weighted by atomic mass is 32.2. The Labute approximate surface area is 281 Å². The van der Waals surface area contributed by atoms with Crippen molar-refractivity contribution in [3.63, 3.8) is 0 Å². The Hall–Kier alpha value is -4.04. The Kier molecular flexibility index (Phi) is 11.2. The number of hydrogen-bond acceptors (Lipinski definition) is 11. The molecule has 13 nitrogen and oxygen atoms in total. The number of thioether (sulfide) groups is 1. The summed E-state index contributed by atoms with van der Waals surface area (Å²) in [5, 5.41) is 31.9. The van der Waals surface area contributed by atoms with Gasteiger partial charge >= 0.3 is 23.9 Å². The monoisotopic (exact) mass is 687 g/mol. The maximum atomic E-state index is 15.1. The molecule has 0 aromatic heterocycles. The fourth-order valence-electron chi connectivity index (χ4n) is 7.81. The Bertz CT molecular complexity index is 1480. The molecule has 4 aliphatic rings. The van der Waals surface area contributed by atoms with Gasteiger partial charge in [-0.3, -0.25) is 24.0 Å². The minimum atomic E-state index is -2.25. The summed E-state index contributed by atoms with van der Waals surface area (Å²) in [6, 6.07) is -1.25. The molecule has 260 valence electrons. The van der Waals surface area contributed by atoms with Gasteiger partial charge in [0.1, 0.15) is 12.1 Å². The van der Waals surface area contributed by atoms with Gasteiger partial charge in [0.2, 0.25) is 5.91 Å². The number of carbonyl (C=O) groups excluding carboxylic acids is 5. The minimum absolute atomic E-state index is 0.128. The molecule has 3 fully saturated rings. The van der Waals surface area contributed by atoms with Gasteiger partial charge in [-0.05, 0) is 24.7 Å². The van der Waals surface area contributed by atoms with Gasteiger partial charge in [0.05, 0.1) is 6.10 Å². The molecule has 0 unspecified atom stereocenters. The van der Waals surface area contributed by atoms with Crippen LogP contribution in [0.5, 0.6) is 0 Å². The maximum absolute atomic E-state index is 15.1. The lowest BCUT2D eigenvalue weighted by Gasteiger charge is -2.58. The van der Waals surface area contributed by atoms with Crippen LogP contribution >= 0.6 is 11.8 Å². The lowest BCUT2D eigenvalue weighted by molar-refractivity contribution is -0.180. The van der Waals surface area contributed by atoms with Gasteiger partial charge in [-0.2, -0.15) is 11.8 Å². The minimum Gasteiger partial charge on any atom is -0.480 e. The fourth-order valence-corrected chi connectivity index (χ4v) is 8.84. The highest BCUT2D eigenvalue weighted by Gasteiger charge is 2.74. The maximum Gasteiger partial charge on any atom is 0.328 e. The number of Topliss-reactive ketones (excluding diaryl/α,β-unsaturated/α-hetero) is 2. The molecule has 0 radical (unpaired) electrons. The second-order valence-corrected chi connectivity index (χ2v) is 14.1. The number of allylic oxidation sites excluding steroid dienone is 6. The summed E-state index contributed by atoms with van der Waals surface area (Å²) < 4.78 is 11.2. The number of cyclic esters (lactones) is 1. The van der Waals surface area contributed by atoms with Gasteiger partial charge in [-0.1, -0.05) is 56.4 Å². The Morgan fingerprint density at radius 2 is 1.77 bits per heavy atom. The predicted molar refractivity (Wildman–Crippen MR) is 171 cm³/mol. The van der Waals surface area contributed by atoms with E-state index < -0.39 is 106 Å². The second kappa shape index (κ2) is 14.6. The van der Waals surface area contributed by atoms with Crippen molar-refractivity contribution < 1.29 is 58.4 Å². The first-order valence-electron chi connectivity index (χ1n) is 15.7. The molecule has 0 aromatic rings. The summed E-state index contributed by atoms with van der Waals surface area (Å²) in [7, 11) is 0. The largest absolute Gasteiger partial charge is 0.480 e. The van der Waals surface area contributed by atoms with Gasteiger partial charge < -0.3 is 30.1 Å². The Morgan fingerprint density at radius 1 is 1.08 bits per heavy atom. The number of aliphatic hydroxyl groups excluding tert-OH is 1. The zero-order valence-electron chi connectivity index (χ0n) is 27.1. The number of rotatable bonds is 11. The van der Waals surface area contributed by atoms with E-state index in [1.165, 1.54) is 38.2 Å². The number of aliphatic carboxylic acids is 2. The number of carbonyl (C=O) groups is 7. The van der Waals surface area contributed by atoms with E-state index in [9.17, 15) is 39.0 Å². The molecule has 2 saturated carbocycles. The van der Waals surface area contributed by atoms with Crippen LogP contribution < -0.4 is 5.32 Å². The number of esters is 2. The SMILES string of the molecule is CC(=O)N[C@H](CSC[C@H]1OC(=O)[C@@]2(C1=O)C(=O)[C@@]1(C)[C@@H](C=C[C@H]3[C@H](O)[C@@H](C)[C@H](OC(C)=O)C[C@@H]31)C[C@H]2\C=C/C=C\C=C/C(=O)O)C(=O)O. The van der Waals surface area contributed by atoms with E-state index in [0.29, 0.717) is 0 Å². The molecule has 4 rings (SSSR count). The summed E-state index contributed by atoms with van der Waals surface area (Å²) in [5.41, 5.74) is -3.58. The van der Waals surface area contributed by atoms with Gasteiger partial charge in [-0.25, -0.2) is 9.59 Å². The van der Waals surface area contributed by atoms with Crippen LogP contribution in [-0.4, -0.2) is 92.5 Å². The topological polar surface area (TPSA) is 211 Å². The molecule has 0 aromatic carbocycles. The van der Waals surface area contributed by atoms with E-state index >= 15 is 4.79 Å². The lowest BCUT2D eigenvalue weighted by Crippen LogP contribution is -2.66. The van der Waals surface area contributed by atoms with Crippen molar-refractivity contribution in [2.75, 3.05) is 11.5 Å². The summed E-state index contributed by atoms with van der Waals surface area (Å²) in [4.78, 5) is 89.2. The number of ketones is 2. The molecule has 1 saturated heterocycles. The smallest absolute Gasteiger partial charge is 0.328 e. The normalized spacial score (nSPS) is 36.6. The van der Waals surface area contributed by atoms with Crippen molar-refractivity contribution in [2.45, 2.75) is 64.9 Å². The quantitative estimate of drug-likeness (QED) is 0.0805. The number of carboxylic acid groups (broad SMARTS) is 2. The first-order chi connectivity index (χ1) is 22.6. The molecule has 14 heteroatoms. The van der Waals surface area contributed by atoms with Gasteiger partial charge in [-0.15, -0.1) is 0 Å². The first-order valence-corrected chi connectivity index (χ1v) is 16.9. The Morgan fingerprint density at radius 3 is 2.40 bits per heavy atom. The molecular formula is C34H41NO12S. The third-order valence-electron chi connectivity index (χ3n) is 10.2. The number of nitrogens with one attached hydrogen (secondary N) is 1. The summed E-state index contributed by atoms with van der Waals surface area (Å²) in [6.07, 6.45) is 9.35. The van der Waals surface area contributed by atoms with Crippen molar-refractivity contribution >= 4 is 53.1 Å². The zero-order valence-corrected chi connectivity index (χ0v) is 27.9. The second-order valence-electron chi connectivity index (χ2n) is 13.0. The van der Waals surface area contributed by atoms with Gasteiger partial charge in [0, 0.05) is 54.6 Å². The lowest BCUT2D eigenvalue weighted by atomic mass is 9.43. The van der Waals surface area contributed by atoms with Crippen molar-refractivity contribution in [3.8, 4) is 0 Å². The molecule has 1 aliphatic heterocycles. The van der Waals surface area contributed by atoms with Crippen LogP contribution in [0.1, 0.15) is 40.5 Å². The van der Waals surface area contributed by atoms with Crippen LogP contribution in [0.25, 0.3) is 0 Å². The predicted octanol–water partition coefficient (Wildman–Crippen LogP) is 1.89. The fraction of sp³-hybridized carbons (Fsp3) is 0.559. The van der Waals surface area contributed by atoms with E-state index in [4.69, 9.17) is 14.6 Å². The average Bonchev–Trinajstić information content (AvgIpc) is 3.25. The van der Waals surface area contributed by atoms with Crippen LogP contribution in [0.2, 0.25) is 0 Å². The van der Waals surface area contributed by atoms with Crippen LogP contribution in [0.15, 0.2) is 48.6 Å². The molecule has 48 heavy (non-hydrogen) atoms. The number of hydrogen-bond donors (Lipinski definition) is 4. The van der Waals surface area contributed by atoms with Crippen LogP contribution in [0, 0.1) is 40.4 Å². The molecular weight excluding hydrogens is 646 g/mol. The van der Waals surface area contributed by atoms with Crippen LogP contribution in [0.3, 0.4) is 0 Å². The van der Waals surface area contributed by atoms with Crippen molar-refractivity contribution in [2.24, 2.45) is 40.4 Å². The van der Waals surface area contributed by atoms with Crippen molar-refractivity contribution in [1.82, 2.24) is 5.32 Å². The average molecular weight is 688 g/mol. The number of aliphatic hydroxyl groups is 1.